The van der Waals surface area contributed by atoms with Crippen molar-refractivity contribution in [1.82, 2.24) is 19.9 Å². The molecule has 1 fully saturated rings. The molecule has 5 nitrogen and oxygen atoms in total. The molecule has 0 unspecified atom stereocenters. The van der Waals surface area contributed by atoms with E-state index in [1.54, 1.807) is 0 Å². The molecule has 4 rings (SSSR count). The van der Waals surface area contributed by atoms with Gasteiger partial charge in [-0.25, -0.2) is 0 Å². The molecular weight excluding hydrogens is 308 g/mol. The largest absolute Gasteiger partial charge is 0.352 e. The van der Waals surface area contributed by atoms with Crippen LogP contribution in [0.1, 0.15) is 25.3 Å². The minimum atomic E-state index is -0.192. The van der Waals surface area contributed by atoms with Crippen molar-refractivity contribution >= 4 is 34.2 Å². The number of para-hydroxylation sites is 1. The molecule has 1 atom stereocenters. The Kier molecular flexibility index (Phi) is 3.49. The summed E-state index contributed by atoms with van der Waals surface area (Å²) in [5.41, 5.74) is 3.07. The van der Waals surface area contributed by atoms with Gasteiger partial charge in [-0.2, -0.15) is 0 Å². The van der Waals surface area contributed by atoms with E-state index in [2.05, 4.69) is 34.6 Å². The predicted octanol–water partition coefficient (Wildman–Crippen LogP) is 2.95. The van der Waals surface area contributed by atoms with Gasteiger partial charge >= 0.3 is 0 Å². The highest BCUT2D eigenvalue weighted by Gasteiger charge is 2.27. The van der Waals surface area contributed by atoms with Crippen molar-refractivity contribution in [3.63, 3.8) is 0 Å². The first-order valence-electron chi connectivity index (χ1n) is 7.84. The summed E-state index contributed by atoms with van der Waals surface area (Å²) in [5.74, 6) is 0.0747. The number of fused-ring (bicyclic) bond motifs is 3. The number of benzene rings is 1. The van der Waals surface area contributed by atoms with E-state index >= 15 is 0 Å². The molecule has 1 amide bonds. The van der Waals surface area contributed by atoms with E-state index in [1.165, 1.54) is 22.7 Å². The number of nitrogens with zero attached hydrogens (tertiary/aromatic N) is 3. The Morgan fingerprint density at radius 2 is 2.13 bits per heavy atom. The quantitative estimate of drug-likeness (QED) is 0.749. The van der Waals surface area contributed by atoms with Gasteiger partial charge in [-0.3, -0.25) is 9.20 Å². The van der Waals surface area contributed by atoms with Gasteiger partial charge < -0.3 is 5.32 Å². The third kappa shape index (κ3) is 2.67. The first kappa shape index (κ1) is 14.5. The SMILES string of the molecule is Cc1cc2nnc(S[C@@H](C)C(=O)NC3CC3)n2c2ccccc12. The summed E-state index contributed by atoms with van der Waals surface area (Å²) < 4.78 is 2.04. The second-order valence-corrected chi connectivity index (χ2v) is 7.37. The molecule has 2 heterocycles. The van der Waals surface area contributed by atoms with Crippen LogP contribution in [0.4, 0.5) is 0 Å². The minimum Gasteiger partial charge on any atom is -0.352 e. The van der Waals surface area contributed by atoms with Crippen LogP contribution in [0.3, 0.4) is 0 Å². The number of aryl methyl sites for hydroxylation is 1. The molecular formula is C17H18N4OS. The van der Waals surface area contributed by atoms with E-state index in [9.17, 15) is 4.79 Å². The third-order valence-electron chi connectivity index (χ3n) is 4.15. The Balaban J connectivity index is 1.72. The standard InChI is InChI=1S/C17H18N4OS/c1-10-9-15-19-20-17(21(15)14-6-4-3-5-13(10)14)23-11(2)16(22)18-12-7-8-12/h3-6,9,11-12H,7-8H2,1-2H3,(H,18,22)/t11-/m0/s1. The fourth-order valence-corrected chi connectivity index (χ4v) is 3.59. The van der Waals surface area contributed by atoms with Crippen molar-refractivity contribution in [3.05, 3.63) is 35.9 Å². The Morgan fingerprint density at radius 1 is 1.35 bits per heavy atom. The van der Waals surface area contributed by atoms with E-state index in [1.807, 2.05) is 29.5 Å². The summed E-state index contributed by atoms with van der Waals surface area (Å²) in [4.78, 5) is 12.2. The molecule has 6 heteroatoms. The highest BCUT2D eigenvalue weighted by atomic mass is 32.2. The van der Waals surface area contributed by atoms with Crippen molar-refractivity contribution in [3.8, 4) is 0 Å². The molecule has 2 aromatic heterocycles. The van der Waals surface area contributed by atoms with Crippen LogP contribution in [-0.4, -0.2) is 31.8 Å². The molecule has 3 aromatic rings. The molecule has 118 valence electrons. The first-order chi connectivity index (χ1) is 11.1. The Labute approximate surface area is 138 Å². The van der Waals surface area contributed by atoms with Crippen LogP contribution in [0.15, 0.2) is 35.5 Å². The lowest BCUT2D eigenvalue weighted by Gasteiger charge is -2.11. The zero-order valence-corrected chi connectivity index (χ0v) is 13.9. The fourth-order valence-electron chi connectivity index (χ4n) is 2.71. The van der Waals surface area contributed by atoms with Gasteiger partial charge in [0, 0.05) is 11.4 Å². The topological polar surface area (TPSA) is 59.3 Å². The van der Waals surface area contributed by atoms with E-state index in [0.717, 1.165) is 29.2 Å². The van der Waals surface area contributed by atoms with Gasteiger partial charge in [0.2, 0.25) is 5.91 Å². The number of aromatic nitrogens is 3. The second-order valence-electron chi connectivity index (χ2n) is 6.06. The molecule has 23 heavy (non-hydrogen) atoms. The van der Waals surface area contributed by atoms with E-state index < -0.39 is 0 Å². The van der Waals surface area contributed by atoms with Crippen LogP contribution in [0.2, 0.25) is 0 Å². The highest BCUT2D eigenvalue weighted by Crippen LogP contribution is 2.28. The normalized spacial score (nSPS) is 15.9. The predicted molar refractivity (Wildman–Crippen MR) is 91.7 cm³/mol. The lowest BCUT2D eigenvalue weighted by molar-refractivity contribution is -0.120. The molecule has 0 aliphatic heterocycles. The zero-order valence-electron chi connectivity index (χ0n) is 13.1. The van der Waals surface area contributed by atoms with Crippen molar-refractivity contribution in [2.75, 3.05) is 0 Å². The summed E-state index contributed by atoms with van der Waals surface area (Å²) in [6.45, 7) is 4.00. The Hall–Kier alpha value is -2.08. The van der Waals surface area contributed by atoms with Crippen molar-refractivity contribution < 1.29 is 4.79 Å². The monoisotopic (exact) mass is 326 g/mol. The Bertz CT molecular complexity index is 900. The first-order valence-corrected chi connectivity index (χ1v) is 8.72. The van der Waals surface area contributed by atoms with Crippen LogP contribution in [0.5, 0.6) is 0 Å². The lowest BCUT2D eigenvalue weighted by Crippen LogP contribution is -2.32. The number of hydrogen-bond donors (Lipinski definition) is 1. The molecule has 1 aromatic carbocycles. The maximum Gasteiger partial charge on any atom is 0.233 e. The molecule has 1 aliphatic rings. The summed E-state index contributed by atoms with van der Waals surface area (Å²) in [6, 6.07) is 10.6. The maximum absolute atomic E-state index is 12.2. The average molecular weight is 326 g/mol. The van der Waals surface area contributed by atoms with Gasteiger partial charge in [0.25, 0.3) is 0 Å². The highest BCUT2D eigenvalue weighted by molar-refractivity contribution is 8.00. The number of carbonyl (C=O) groups is 1. The average Bonchev–Trinajstić information content (AvgIpc) is 3.27. The smallest absolute Gasteiger partial charge is 0.233 e. The Morgan fingerprint density at radius 3 is 2.91 bits per heavy atom. The molecule has 0 spiro atoms. The van der Waals surface area contributed by atoms with Gasteiger partial charge in [-0.1, -0.05) is 30.0 Å². The van der Waals surface area contributed by atoms with Gasteiger partial charge in [0.1, 0.15) is 0 Å². The van der Waals surface area contributed by atoms with E-state index in [4.69, 9.17) is 0 Å². The third-order valence-corrected chi connectivity index (χ3v) is 5.19. The summed E-state index contributed by atoms with van der Waals surface area (Å²) >= 11 is 1.46. The fraction of sp³-hybridized carbons (Fsp3) is 0.353. The maximum atomic E-state index is 12.2. The summed E-state index contributed by atoms with van der Waals surface area (Å²) in [6.07, 6.45) is 2.20. The van der Waals surface area contributed by atoms with E-state index in [0.29, 0.717) is 6.04 Å². The van der Waals surface area contributed by atoms with Crippen molar-refractivity contribution in [2.24, 2.45) is 0 Å². The number of amides is 1. The summed E-state index contributed by atoms with van der Waals surface area (Å²) in [7, 11) is 0. The van der Waals surface area contributed by atoms with Gasteiger partial charge in [-0.05, 0) is 44.4 Å². The molecule has 1 aliphatic carbocycles. The zero-order chi connectivity index (χ0) is 16.0. The van der Waals surface area contributed by atoms with Gasteiger partial charge in [-0.15, -0.1) is 10.2 Å². The molecule has 1 N–H and O–H groups in total. The second kappa shape index (κ2) is 5.53. The minimum absolute atomic E-state index is 0.0747. The number of hydrogen-bond acceptors (Lipinski definition) is 4. The van der Waals surface area contributed by atoms with Crippen molar-refractivity contribution in [2.45, 2.75) is 43.1 Å². The molecule has 0 bridgehead atoms. The van der Waals surface area contributed by atoms with Crippen LogP contribution < -0.4 is 5.32 Å². The molecule has 1 saturated carbocycles. The van der Waals surface area contributed by atoms with Gasteiger partial charge in [0.05, 0.1) is 10.8 Å². The molecule has 0 radical (unpaired) electrons. The van der Waals surface area contributed by atoms with E-state index in [-0.39, 0.29) is 11.2 Å². The van der Waals surface area contributed by atoms with Crippen LogP contribution in [0.25, 0.3) is 16.6 Å². The van der Waals surface area contributed by atoms with Crippen LogP contribution in [-0.2, 0) is 4.79 Å². The number of nitrogens with one attached hydrogen (secondary N) is 1. The van der Waals surface area contributed by atoms with Crippen LogP contribution >= 0.6 is 11.8 Å². The van der Waals surface area contributed by atoms with Crippen LogP contribution in [0, 0.1) is 6.92 Å². The molecule has 0 saturated heterocycles. The van der Waals surface area contributed by atoms with Gasteiger partial charge in [0.15, 0.2) is 10.8 Å². The lowest BCUT2D eigenvalue weighted by atomic mass is 10.1. The number of carbonyl (C=O) groups excluding carboxylic acids is 1. The van der Waals surface area contributed by atoms with Crippen molar-refractivity contribution in [1.29, 1.82) is 0 Å². The number of rotatable bonds is 4. The number of thioether (sulfide) groups is 1. The number of pyridine rings is 1. The summed E-state index contributed by atoms with van der Waals surface area (Å²) in [5, 5.41) is 13.4.